The Morgan fingerprint density at radius 2 is 1.96 bits per heavy atom. The molecule has 1 aliphatic heterocycles. The number of carbonyl (C=O) groups is 1. The van der Waals surface area contributed by atoms with Crippen LogP contribution in [0.5, 0.6) is 0 Å². The number of anilines is 1. The summed E-state index contributed by atoms with van der Waals surface area (Å²) in [5.41, 5.74) is 2.67. The van der Waals surface area contributed by atoms with E-state index in [9.17, 15) is 9.59 Å². The molecule has 5 nitrogen and oxygen atoms in total. The number of nitrogens with one attached hydrogen (secondary N) is 1. The fraction of sp³-hybridized carbons (Fsp3) is 0.250. The summed E-state index contributed by atoms with van der Waals surface area (Å²) >= 11 is 1.29. The normalized spacial score (nSPS) is 14.9. The molecule has 4 rings (SSSR count). The third-order valence-corrected chi connectivity index (χ3v) is 5.58. The van der Waals surface area contributed by atoms with Gasteiger partial charge in [0.1, 0.15) is 0 Å². The van der Waals surface area contributed by atoms with Gasteiger partial charge in [0.05, 0.1) is 16.2 Å². The predicted octanol–water partition coefficient (Wildman–Crippen LogP) is 3.38. The molecule has 2 heterocycles. The van der Waals surface area contributed by atoms with Crippen LogP contribution in [0.25, 0.3) is 10.9 Å². The SMILES string of the molecule is CC(Sc1nc2ccccc2c(=O)[nH]1)C(=O)N1CCCc2ccccc21. The Kier molecular flexibility index (Phi) is 4.51. The first-order valence-corrected chi connectivity index (χ1v) is 9.56. The van der Waals surface area contributed by atoms with Crippen LogP contribution in [0.1, 0.15) is 18.9 Å². The number of fused-ring (bicyclic) bond motifs is 2. The molecule has 26 heavy (non-hydrogen) atoms. The highest BCUT2D eigenvalue weighted by atomic mass is 32.2. The van der Waals surface area contributed by atoms with Gasteiger partial charge in [0.15, 0.2) is 5.16 Å². The van der Waals surface area contributed by atoms with Gasteiger partial charge < -0.3 is 9.88 Å². The smallest absolute Gasteiger partial charge is 0.259 e. The van der Waals surface area contributed by atoms with Gasteiger partial charge in [0.2, 0.25) is 5.91 Å². The molecule has 1 aromatic heterocycles. The van der Waals surface area contributed by atoms with Gasteiger partial charge in [-0.2, -0.15) is 0 Å². The number of aromatic nitrogens is 2. The van der Waals surface area contributed by atoms with Crippen molar-refractivity contribution in [2.45, 2.75) is 30.2 Å². The van der Waals surface area contributed by atoms with E-state index in [0.29, 0.717) is 16.1 Å². The van der Waals surface area contributed by atoms with Gasteiger partial charge in [-0.1, -0.05) is 42.1 Å². The van der Waals surface area contributed by atoms with Crippen molar-refractivity contribution in [1.29, 1.82) is 0 Å². The van der Waals surface area contributed by atoms with Crippen LogP contribution in [0.2, 0.25) is 0 Å². The van der Waals surface area contributed by atoms with Crippen LogP contribution >= 0.6 is 11.8 Å². The molecule has 132 valence electrons. The average Bonchev–Trinajstić information content (AvgIpc) is 2.67. The van der Waals surface area contributed by atoms with E-state index in [1.165, 1.54) is 17.3 Å². The molecule has 0 bridgehead atoms. The molecule has 1 amide bonds. The monoisotopic (exact) mass is 365 g/mol. The lowest BCUT2D eigenvalue weighted by atomic mass is 10.0. The number of hydrogen-bond acceptors (Lipinski definition) is 4. The maximum atomic E-state index is 13.0. The Morgan fingerprint density at radius 3 is 2.85 bits per heavy atom. The molecular weight excluding hydrogens is 346 g/mol. The van der Waals surface area contributed by atoms with Crippen molar-refractivity contribution < 1.29 is 4.79 Å². The number of carbonyl (C=O) groups excluding carboxylic acids is 1. The Labute approximate surface area is 155 Å². The number of para-hydroxylation sites is 2. The second-order valence-corrected chi connectivity index (χ2v) is 7.70. The van der Waals surface area contributed by atoms with E-state index >= 15 is 0 Å². The molecule has 6 heteroatoms. The minimum absolute atomic E-state index is 0.0398. The highest BCUT2D eigenvalue weighted by molar-refractivity contribution is 8.00. The molecule has 0 fully saturated rings. The minimum Gasteiger partial charge on any atom is -0.311 e. The summed E-state index contributed by atoms with van der Waals surface area (Å²) in [6.45, 7) is 2.59. The van der Waals surface area contributed by atoms with Crippen molar-refractivity contribution >= 4 is 34.3 Å². The summed E-state index contributed by atoms with van der Waals surface area (Å²) in [5, 5.41) is 0.686. The summed E-state index contributed by atoms with van der Waals surface area (Å²) in [7, 11) is 0. The van der Waals surface area contributed by atoms with Crippen LogP contribution < -0.4 is 10.5 Å². The summed E-state index contributed by atoms with van der Waals surface area (Å²) in [5.74, 6) is 0.0398. The summed E-state index contributed by atoms with van der Waals surface area (Å²) in [4.78, 5) is 34.3. The van der Waals surface area contributed by atoms with Gasteiger partial charge >= 0.3 is 0 Å². The number of rotatable bonds is 3. The van der Waals surface area contributed by atoms with Crippen molar-refractivity contribution in [2.24, 2.45) is 0 Å². The van der Waals surface area contributed by atoms with Crippen LogP contribution in [0, 0.1) is 0 Å². The molecule has 0 radical (unpaired) electrons. The standard InChI is InChI=1S/C20H19N3O2S/c1-13(19(25)23-12-6-8-14-7-2-5-11-17(14)23)26-20-21-16-10-4-3-9-15(16)18(24)22-20/h2-5,7,9-11,13H,6,8,12H2,1H3,(H,21,22,24). The van der Waals surface area contributed by atoms with Crippen molar-refractivity contribution in [1.82, 2.24) is 9.97 Å². The number of H-pyrrole nitrogens is 1. The number of aryl methyl sites for hydroxylation is 1. The van der Waals surface area contributed by atoms with Gasteiger partial charge in [-0.15, -0.1) is 0 Å². The van der Waals surface area contributed by atoms with Gasteiger partial charge in [-0.3, -0.25) is 9.59 Å². The lowest BCUT2D eigenvalue weighted by molar-refractivity contribution is -0.117. The van der Waals surface area contributed by atoms with Gasteiger partial charge in [-0.05, 0) is 43.5 Å². The van der Waals surface area contributed by atoms with Crippen LogP contribution in [0.4, 0.5) is 5.69 Å². The first-order valence-electron chi connectivity index (χ1n) is 8.68. The van der Waals surface area contributed by atoms with E-state index in [-0.39, 0.29) is 16.7 Å². The first-order chi connectivity index (χ1) is 12.6. The molecule has 1 unspecified atom stereocenters. The van der Waals surface area contributed by atoms with E-state index in [0.717, 1.165) is 25.1 Å². The van der Waals surface area contributed by atoms with Gasteiger partial charge in [0, 0.05) is 12.2 Å². The van der Waals surface area contributed by atoms with Crippen LogP contribution in [0.3, 0.4) is 0 Å². The Bertz CT molecular complexity index is 1030. The third-order valence-electron chi connectivity index (χ3n) is 4.60. The van der Waals surface area contributed by atoms with Crippen LogP contribution in [0.15, 0.2) is 58.5 Å². The molecule has 0 saturated carbocycles. The average molecular weight is 365 g/mol. The number of amides is 1. The minimum atomic E-state index is -0.342. The fourth-order valence-corrected chi connectivity index (χ4v) is 4.19. The number of aromatic amines is 1. The van der Waals surface area contributed by atoms with Crippen LogP contribution in [-0.4, -0.2) is 27.7 Å². The molecule has 0 saturated heterocycles. The number of hydrogen-bond donors (Lipinski definition) is 1. The molecule has 1 atom stereocenters. The highest BCUT2D eigenvalue weighted by Crippen LogP contribution is 2.30. The van der Waals surface area contributed by atoms with Crippen molar-refractivity contribution in [3.05, 3.63) is 64.4 Å². The maximum Gasteiger partial charge on any atom is 0.259 e. The Morgan fingerprint density at radius 1 is 1.19 bits per heavy atom. The zero-order valence-corrected chi connectivity index (χ0v) is 15.3. The zero-order chi connectivity index (χ0) is 18.1. The predicted molar refractivity (Wildman–Crippen MR) is 105 cm³/mol. The molecule has 2 aromatic carbocycles. The van der Waals surface area contributed by atoms with E-state index in [4.69, 9.17) is 0 Å². The van der Waals surface area contributed by atoms with Crippen molar-refractivity contribution in [3.8, 4) is 0 Å². The lowest BCUT2D eigenvalue weighted by Crippen LogP contribution is -2.40. The first kappa shape index (κ1) is 16.8. The van der Waals surface area contributed by atoms with Crippen molar-refractivity contribution in [3.63, 3.8) is 0 Å². The zero-order valence-electron chi connectivity index (χ0n) is 14.4. The third kappa shape index (κ3) is 3.12. The largest absolute Gasteiger partial charge is 0.311 e. The lowest BCUT2D eigenvalue weighted by Gasteiger charge is -2.31. The molecule has 1 aliphatic rings. The molecule has 0 spiro atoms. The number of thioether (sulfide) groups is 1. The molecular formula is C20H19N3O2S. The molecule has 3 aromatic rings. The van der Waals surface area contributed by atoms with Crippen LogP contribution in [-0.2, 0) is 11.2 Å². The fourth-order valence-electron chi connectivity index (χ4n) is 3.32. The topological polar surface area (TPSA) is 66.1 Å². The maximum absolute atomic E-state index is 13.0. The number of benzene rings is 2. The second-order valence-electron chi connectivity index (χ2n) is 6.37. The summed E-state index contributed by atoms with van der Waals surface area (Å²) < 4.78 is 0. The molecule has 0 aliphatic carbocycles. The number of nitrogens with zero attached hydrogens (tertiary/aromatic N) is 2. The Balaban J connectivity index is 1.58. The van der Waals surface area contributed by atoms with Gasteiger partial charge in [-0.25, -0.2) is 4.98 Å². The molecule has 1 N–H and O–H groups in total. The summed E-state index contributed by atoms with van der Waals surface area (Å²) in [6, 6.07) is 15.3. The van der Waals surface area contributed by atoms with E-state index < -0.39 is 0 Å². The quantitative estimate of drug-likeness (QED) is 0.571. The van der Waals surface area contributed by atoms with E-state index in [1.807, 2.05) is 48.2 Å². The van der Waals surface area contributed by atoms with E-state index in [1.54, 1.807) is 6.07 Å². The van der Waals surface area contributed by atoms with E-state index in [2.05, 4.69) is 16.0 Å². The van der Waals surface area contributed by atoms with Gasteiger partial charge in [0.25, 0.3) is 5.56 Å². The van der Waals surface area contributed by atoms with Crippen molar-refractivity contribution in [2.75, 3.05) is 11.4 Å². The Hall–Kier alpha value is -2.60. The second kappa shape index (κ2) is 6.96. The highest BCUT2D eigenvalue weighted by Gasteiger charge is 2.27. The summed E-state index contributed by atoms with van der Waals surface area (Å²) in [6.07, 6.45) is 1.96.